The molecule has 1 aliphatic rings. The molecule has 3 N–H and O–H groups in total. The molecule has 1 amide bonds. The van der Waals surface area contributed by atoms with Crippen LogP contribution in [0.15, 0.2) is 48.7 Å². The van der Waals surface area contributed by atoms with Crippen LogP contribution in [0.25, 0.3) is 6.08 Å². The number of hydrogen-bond donors (Lipinski definition) is 3. The highest BCUT2D eigenvalue weighted by Crippen LogP contribution is 2.19. The van der Waals surface area contributed by atoms with E-state index >= 15 is 0 Å². The molecule has 1 aromatic heterocycles. The molecule has 2 heterocycles. The van der Waals surface area contributed by atoms with Crippen LogP contribution in [0.5, 0.6) is 5.75 Å². The van der Waals surface area contributed by atoms with Gasteiger partial charge in [0.2, 0.25) is 0 Å². The fourth-order valence-electron chi connectivity index (χ4n) is 3.13. The number of aromatic nitrogens is 1. The smallest absolute Gasteiger partial charge is 0.267 e. The molecule has 0 aliphatic carbocycles. The highest BCUT2D eigenvalue weighted by atomic mass is 35.5. The minimum Gasteiger partial charge on any atom is -0.497 e. The topological polar surface area (TPSA) is 86.7 Å². The summed E-state index contributed by atoms with van der Waals surface area (Å²) in [5.74, 6) is 1.13. The van der Waals surface area contributed by atoms with Gasteiger partial charge in [0.1, 0.15) is 11.6 Å². The van der Waals surface area contributed by atoms with Crippen molar-refractivity contribution in [2.45, 2.75) is 19.0 Å². The molecule has 0 radical (unpaired) electrons. The third-order valence-corrected chi connectivity index (χ3v) is 4.49. The summed E-state index contributed by atoms with van der Waals surface area (Å²) in [7, 11) is 1.68. The Morgan fingerprint density at radius 1 is 1.34 bits per heavy atom. The predicted octanol–water partition coefficient (Wildman–Crippen LogP) is 3.14. The second kappa shape index (κ2) is 12.3. The highest BCUT2D eigenvalue weighted by Gasteiger charge is 2.22. The van der Waals surface area contributed by atoms with Gasteiger partial charge in [-0.15, -0.1) is 24.8 Å². The minimum atomic E-state index is -0.570. The third-order valence-electron chi connectivity index (χ3n) is 4.49. The van der Waals surface area contributed by atoms with Gasteiger partial charge < -0.3 is 10.1 Å². The number of anilines is 1. The van der Waals surface area contributed by atoms with Gasteiger partial charge in [-0.2, -0.15) is 0 Å². The first kappa shape index (κ1) is 24.7. The maximum atomic E-state index is 11.0. The molecule has 158 valence electrons. The lowest BCUT2D eigenvalue weighted by Gasteiger charge is -2.17. The van der Waals surface area contributed by atoms with Crippen molar-refractivity contribution in [1.29, 1.82) is 0 Å². The Hall–Kier alpha value is -2.32. The number of pyridine rings is 1. The molecule has 0 unspecified atom stereocenters. The number of likely N-dealkylation sites (tertiary alicyclic amines) is 1. The molecule has 0 saturated carbocycles. The highest BCUT2D eigenvalue weighted by molar-refractivity contribution is 5.90. The molecule has 1 saturated heterocycles. The van der Waals surface area contributed by atoms with Gasteiger partial charge in [-0.1, -0.05) is 12.1 Å². The van der Waals surface area contributed by atoms with E-state index in [1.165, 1.54) is 11.6 Å². The number of amides is 1. The molecule has 29 heavy (non-hydrogen) atoms. The van der Waals surface area contributed by atoms with E-state index in [2.05, 4.69) is 27.3 Å². The van der Waals surface area contributed by atoms with Crippen molar-refractivity contribution in [2.24, 2.45) is 0 Å². The maximum absolute atomic E-state index is 11.0. The third kappa shape index (κ3) is 7.55. The van der Waals surface area contributed by atoms with Crippen LogP contribution in [-0.2, 0) is 11.3 Å². The number of rotatable bonds is 7. The van der Waals surface area contributed by atoms with E-state index in [9.17, 15) is 4.79 Å². The zero-order valence-corrected chi connectivity index (χ0v) is 17.7. The number of hydrogen-bond acceptors (Lipinski definition) is 6. The van der Waals surface area contributed by atoms with Gasteiger partial charge in [-0.25, -0.2) is 10.5 Å². The number of halogens is 2. The van der Waals surface area contributed by atoms with Crippen LogP contribution in [0, 0.1) is 0 Å². The SMILES string of the molecule is COc1cccc(CN2CC[C@@H](Nc3ccc(C=CC(=O)NO)cn3)C2)c1.Cl.Cl. The molecular weight excluding hydrogens is 415 g/mol. The Balaban J connectivity index is 0.00000210. The molecule has 9 heteroatoms. The van der Waals surface area contributed by atoms with Gasteiger partial charge in [0.15, 0.2) is 0 Å². The number of nitrogens with zero attached hydrogens (tertiary/aromatic N) is 2. The van der Waals surface area contributed by atoms with Gasteiger partial charge in [-0.3, -0.25) is 14.9 Å². The molecule has 1 atom stereocenters. The average Bonchev–Trinajstić information content (AvgIpc) is 3.14. The summed E-state index contributed by atoms with van der Waals surface area (Å²) in [6.45, 7) is 2.89. The van der Waals surface area contributed by atoms with Gasteiger partial charge in [-0.05, 0) is 47.9 Å². The predicted molar refractivity (Wildman–Crippen MR) is 118 cm³/mol. The first-order valence-electron chi connectivity index (χ1n) is 8.86. The Labute approximate surface area is 182 Å². The van der Waals surface area contributed by atoms with E-state index in [0.29, 0.717) is 6.04 Å². The zero-order chi connectivity index (χ0) is 19.1. The number of carbonyl (C=O) groups is 1. The summed E-state index contributed by atoms with van der Waals surface area (Å²) in [6, 6.07) is 12.3. The van der Waals surface area contributed by atoms with Crippen molar-refractivity contribution in [3.63, 3.8) is 0 Å². The van der Waals surface area contributed by atoms with Gasteiger partial charge in [0.05, 0.1) is 7.11 Å². The quantitative estimate of drug-likeness (QED) is 0.348. The summed E-state index contributed by atoms with van der Waals surface area (Å²) < 4.78 is 5.29. The van der Waals surface area contributed by atoms with Gasteiger partial charge >= 0.3 is 0 Å². The summed E-state index contributed by atoms with van der Waals surface area (Å²) in [6.07, 6.45) is 5.59. The van der Waals surface area contributed by atoms with E-state index in [1.807, 2.05) is 24.3 Å². The molecule has 3 rings (SSSR count). The van der Waals surface area contributed by atoms with Crippen LogP contribution in [-0.4, -0.2) is 47.2 Å². The molecule has 1 aromatic carbocycles. The van der Waals surface area contributed by atoms with Crippen LogP contribution in [0.4, 0.5) is 5.82 Å². The van der Waals surface area contributed by atoms with E-state index < -0.39 is 5.91 Å². The van der Waals surface area contributed by atoms with Gasteiger partial charge in [0, 0.05) is 37.9 Å². The number of benzene rings is 1. The monoisotopic (exact) mass is 440 g/mol. The molecular formula is C20H26Cl2N4O3. The molecule has 7 nitrogen and oxygen atoms in total. The molecule has 2 aromatic rings. The van der Waals surface area contributed by atoms with Crippen molar-refractivity contribution in [3.05, 3.63) is 59.8 Å². The Kier molecular flexibility index (Phi) is 10.5. The Bertz CT molecular complexity index is 803. The Morgan fingerprint density at radius 2 is 2.17 bits per heavy atom. The van der Waals surface area contributed by atoms with Crippen LogP contribution in [0.2, 0.25) is 0 Å². The number of carbonyl (C=O) groups excluding carboxylic acids is 1. The average molecular weight is 441 g/mol. The summed E-state index contributed by atoms with van der Waals surface area (Å²) in [4.78, 5) is 17.8. The van der Waals surface area contributed by atoms with E-state index in [1.54, 1.807) is 24.9 Å². The lowest BCUT2D eigenvalue weighted by molar-refractivity contribution is -0.124. The summed E-state index contributed by atoms with van der Waals surface area (Å²) >= 11 is 0. The van der Waals surface area contributed by atoms with Gasteiger partial charge in [0.25, 0.3) is 5.91 Å². The van der Waals surface area contributed by atoms with Crippen molar-refractivity contribution < 1.29 is 14.7 Å². The van der Waals surface area contributed by atoms with E-state index in [0.717, 1.165) is 43.2 Å². The molecule has 0 bridgehead atoms. The Morgan fingerprint density at radius 3 is 2.86 bits per heavy atom. The van der Waals surface area contributed by atoms with Crippen molar-refractivity contribution in [1.82, 2.24) is 15.4 Å². The fraction of sp³-hybridized carbons (Fsp3) is 0.300. The maximum Gasteiger partial charge on any atom is 0.267 e. The first-order chi connectivity index (χ1) is 13.2. The zero-order valence-electron chi connectivity index (χ0n) is 16.1. The van der Waals surface area contributed by atoms with Crippen molar-refractivity contribution in [2.75, 3.05) is 25.5 Å². The lowest BCUT2D eigenvalue weighted by atomic mass is 10.2. The molecule has 1 fully saturated rings. The van der Waals surface area contributed by atoms with Crippen LogP contribution in [0.1, 0.15) is 17.5 Å². The van der Waals surface area contributed by atoms with Crippen LogP contribution >= 0.6 is 24.8 Å². The number of nitrogens with one attached hydrogen (secondary N) is 2. The number of methoxy groups -OCH3 is 1. The first-order valence-corrected chi connectivity index (χ1v) is 8.86. The van der Waals surface area contributed by atoms with Crippen molar-refractivity contribution in [3.8, 4) is 5.75 Å². The number of hydroxylamine groups is 1. The van der Waals surface area contributed by atoms with E-state index in [-0.39, 0.29) is 24.8 Å². The molecule has 0 spiro atoms. The second-order valence-corrected chi connectivity index (χ2v) is 6.50. The molecule has 1 aliphatic heterocycles. The standard InChI is InChI=1S/C20H24N4O3.2ClH/c1-27-18-4-2-3-16(11-18)13-24-10-9-17(14-24)22-19-7-5-15(12-21-19)6-8-20(25)23-26;;/h2-8,11-12,17,26H,9-10,13-14H2,1H3,(H,21,22)(H,23,25);2*1H/t17-;;/m1../s1. The van der Waals surface area contributed by atoms with Crippen molar-refractivity contribution >= 4 is 42.6 Å². The summed E-state index contributed by atoms with van der Waals surface area (Å²) in [5, 5.41) is 11.9. The van der Waals surface area contributed by atoms with E-state index in [4.69, 9.17) is 9.94 Å². The summed E-state index contributed by atoms with van der Waals surface area (Å²) in [5.41, 5.74) is 3.59. The minimum absolute atomic E-state index is 0. The number of ether oxygens (including phenoxy) is 1. The van der Waals surface area contributed by atoms with Crippen LogP contribution in [0.3, 0.4) is 0 Å². The lowest BCUT2D eigenvalue weighted by Crippen LogP contribution is -2.26. The van der Waals surface area contributed by atoms with Crippen LogP contribution < -0.4 is 15.5 Å². The second-order valence-electron chi connectivity index (χ2n) is 6.50. The normalized spacial score (nSPS) is 16.0. The largest absolute Gasteiger partial charge is 0.497 e. The fourth-order valence-corrected chi connectivity index (χ4v) is 3.13.